The van der Waals surface area contributed by atoms with Crippen LogP contribution in [0.25, 0.3) is 11.1 Å². The van der Waals surface area contributed by atoms with E-state index in [1.54, 1.807) is 11.0 Å². The van der Waals surface area contributed by atoms with E-state index in [4.69, 9.17) is 0 Å². The highest BCUT2D eigenvalue weighted by Crippen LogP contribution is 2.38. The number of hydrogen-bond donors (Lipinski definition) is 1. The lowest BCUT2D eigenvalue weighted by molar-refractivity contribution is -0.121. The van der Waals surface area contributed by atoms with Crippen LogP contribution in [-0.4, -0.2) is 55.2 Å². The summed E-state index contributed by atoms with van der Waals surface area (Å²) in [5.41, 5.74) is 0.664. The number of likely N-dealkylation sites (tertiary alicyclic amines) is 1. The van der Waals surface area contributed by atoms with Gasteiger partial charge < -0.3 is 15.1 Å². The number of aromatic nitrogens is 1. The van der Waals surface area contributed by atoms with Crippen LogP contribution in [0, 0.1) is 17.6 Å². The average Bonchev–Trinajstić information content (AvgIpc) is 3.16. The first-order valence-corrected chi connectivity index (χ1v) is 10.2. The van der Waals surface area contributed by atoms with Crippen molar-refractivity contribution >= 4 is 17.4 Å². The molecule has 0 bridgehead atoms. The number of anilines is 2. The molecule has 0 saturated carbocycles. The monoisotopic (exact) mass is 418 g/mol. The quantitative estimate of drug-likeness (QED) is 0.819. The maximum Gasteiger partial charge on any atom is 0.228 e. The Balaban J connectivity index is 1.75. The fourth-order valence-corrected chi connectivity index (χ4v) is 4.26. The van der Waals surface area contributed by atoms with Gasteiger partial charge in [-0.05, 0) is 57.1 Å². The second kappa shape index (κ2) is 8.63. The molecule has 5 nitrogen and oxygen atoms in total. The van der Waals surface area contributed by atoms with Gasteiger partial charge in [0.2, 0.25) is 5.91 Å². The number of piperidine rings is 1. The van der Waals surface area contributed by atoms with Gasteiger partial charge >= 0.3 is 0 Å². The van der Waals surface area contributed by atoms with Crippen LogP contribution in [0.5, 0.6) is 0 Å². The van der Waals surface area contributed by atoms with Crippen LogP contribution in [0.15, 0.2) is 30.5 Å². The fourth-order valence-electron chi connectivity index (χ4n) is 4.26. The highest BCUT2D eigenvalue weighted by atomic mass is 19.1. The lowest BCUT2D eigenvalue weighted by Gasteiger charge is -2.30. The average molecular weight is 418 g/mol. The summed E-state index contributed by atoms with van der Waals surface area (Å²) in [5.74, 6) is -1.21. The summed E-state index contributed by atoms with van der Waals surface area (Å²) in [7, 11) is 1.97. The van der Waals surface area contributed by atoms with Gasteiger partial charge in [0.25, 0.3) is 0 Å². The van der Waals surface area contributed by atoms with Gasteiger partial charge in [0.1, 0.15) is 17.8 Å². The summed E-state index contributed by atoms with van der Waals surface area (Å²) in [5, 5.41) is 2.92. The Morgan fingerprint density at radius 1 is 1.13 bits per heavy atom. The van der Waals surface area contributed by atoms with E-state index in [-0.39, 0.29) is 23.9 Å². The highest BCUT2D eigenvalue weighted by Gasteiger charge is 2.30. The molecule has 0 aliphatic carbocycles. The van der Waals surface area contributed by atoms with E-state index in [9.17, 15) is 18.0 Å². The van der Waals surface area contributed by atoms with Crippen molar-refractivity contribution in [1.82, 2.24) is 9.88 Å². The van der Waals surface area contributed by atoms with Crippen molar-refractivity contribution in [3.05, 3.63) is 42.1 Å². The largest absolute Gasteiger partial charge is 0.352 e. The SMILES string of the molecule is CN1CCCC(C(=O)Nc2c(-c3cc(F)ccc3F)ccnc2N2CC[C@H](F)C2)C1. The number of pyridine rings is 1. The van der Waals surface area contributed by atoms with Gasteiger partial charge in [0.15, 0.2) is 5.82 Å². The summed E-state index contributed by atoms with van der Waals surface area (Å²) in [6, 6.07) is 4.75. The van der Waals surface area contributed by atoms with Gasteiger partial charge in [0, 0.05) is 30.4 Å². The third-order valence-corrected chi connectivity index (χ3v) is 5.82. The molecule has 160 valence electrons. The molecule has 2 atom stereocenters. The zero-order chi connectivity index (χ0) is 21.3. The second-order valence-corrected chi connectivity index (χ2v) is 8.10. The van der Waals surface area contributed by atoms with Crippen LogP contribution in [0.1, 0.15) is 19.3 Å². The van der Waals surface area contributed by atoms with Crippen molar-refractivity contribution in [3.63, 3.8) is 0 Å². The van der Waals surface area contributed by atoms with E-state index in [0.29, 0.717) is 36.6 Å². The molecular weight excluding hydrogens is 393 g/mol. The predicted molar refractivity (Wildman–Crippen MR) is 110 cm³/mol. The summed E-state index contributed by atoms with van der Waals surface area (Å²) < 4.78 is 42.3. The normalized spacial score (nSPS) is 22.3. The van der Waals surface area contributed by atoms with E-state index in [2.05, 4.69) is 15.2 Å². The van der Waals surface area contributed by atoms with Gasteiger partial charge in [-0.25, -0.2) is 18.2 Å². The molecule has 1 aromatic carbocycles. The standard InChI is InChI=1S/C22H25F3N4O/c1-28-9-2-3-14(12-28)22(30)27-20-17(18-11-15(23)4-5-19(18)25)6-8-26-21(20)29-10-7-16(24)13-29/h4-6,8,11,14,16H,2-3,7,9-10,12-13H2,1H3,(H,27,30)/t14?,16-/m0/s1. The molecule has 1 N–H and O–H groups in total. The van der Waals surface area contributed by atoms with Gasteiger partial charge in [0.05, 0.1) is 18.2 Å². The number of carbonyl (C=O) groups excluding carboxylic acids is 1. The first kappa shape index (κ1) is 20.7. The van der Waals surface area contributed by atoms with Gasteiger partial charge in [-0.2, -0.15) is 0 Å². The summed E-state index contributed by atoms with van der Waals surface area (Å²) >= 11 is 0. The Kier molecular flexibility index (Phi) is 5.94. The van der Waals surface area contributed by atoms with Gasteiger partial charge in [-0.15, -0.1) is 0 Å². The third kappa shape index (κ3) is 4.28. The molecule has 2 aliphatic rings. The molecule has 1 unspecified atom stereocenters. The Bertz CT molecular complexity index is 939. The first-order chi connectivity index (χ1) is 14.4. The van der Waals surface area contributed by atoms with E-state index in [1.807, 2.05) is 7.05 Å². The van der Waals surface area contributed by atoms with E-state index in [0.717, 1.165) is 37.6 Å². The van der Waals surface area contributed by atoms with Gasteiger partial charge in [-0.3, -0.25) is 4.79 Å². The maximum absolute atomic E-state index is 14.6. The lowest BCUT2D eigenvalue weighted by atomic mass is 9.97. The van der Waals surface area contributed by atoms with Crippen molar-refractivity contribution in [2.75, 3.05) is 43.4 Å². The number of halogens is 3. The molecule has 3 heterocycles. The Morgan fingerprint density at radius 3 is 2.70 bits per heavy atom. The van der Waals surface area contributed by atoms with Crippen molar-refractivity contribution < 1.29 is 18.0 Å². The topological polar surface area (TPSA) is 48.5 Å². The van der Waals surface area contributed by atoms with Crippen molar-refractivity contribution in [3.8, 4) is 11.1 Å². The molecule has 2 aliphatic heterocycles. The maximum atomic E-state index is 14.6. The number of alkyl halides is 1. The molecule has 8 heteroatoms. The van der Waals surface area contributed by atoms with Gasteiger partial charge in [-0.1, -0.05) is 0 Å². The second-order valence-electron chi connectivity index (χ2n) is 8.10. The third-order valence-electron chi connectivity index (χ3n) is 5.82. The number of benzene rings is 1. The summed E-state index contributed by atoms with van der Waals surface area (Å²) in [6.07, 6.45) is 2.52. The molecular formula is C22H25F3N4O. The zero-order valence-electron chi connectivity index (χ0n) is 16.9. The van der Waals surface area contributed by atoms with Crippen LogP contribution in [-0.2, 0) is 4.79 Å². The lowest BCUT2D eigenvalue weighted by Crippen LogP contribution is -2.38. The molecule has 1 amide bonds. The molecule has 1 aromatic heterocycles. The molecule has 0 spiro atoms. The number of nitrogens with one attached hydrogen (secondary N) is 1. The predicted octanol–water partition coefficient (Wildman–Crippen LogP) is 3.86. The van der Waals surface area contributed by atoms with Crippen LogP contribution in [0.3, 0.4) is 0 Å². The van der Waals surface area contributed by atoms with E-state index in [1.165, 1.54) is 6.20 Å². The Labute approximate surface area is 173 Å². The van der Waals surface area contributed by atoms with Crippen LogP contribution in [0.4, 0.5) is 24.7 Å². The molecule has 4 rings (SSSR count). The minimum Gasteiger partial charge on any atom is -0.352 e. The van der Waals surface area contributed by atoms with Crippen molar-refractivity contribution in [2.24, 2.45) is 5.92 Å². The van der Waals surface area contributed by atoms with E-state index >= 15 is 0 Å². The number of nitrogens with zero attached hydrogens (tertiary/aromatic N) is 3. The molecule has 30 heavy (non-hydrogen) atoms. The van der Waals surface area contributed by atoms with Crippen molar-refractivity contribution in [2.45, 2.75) is 25.4 Å². The molecule has 2 fully saturated rings. The molecule has 2 aromatic rings. The minimum absolute atomic E-state index is 0.0331. The van der Waals surface area contributed by atoms with Crippen LogP contribution >= 0.6 is 0 Å². The number of rotatable bonds is 4. The summed E-state index contributed by atoms with van der Waals surface area (Å²) in [4.78, 5) is 21.3. The number of amides is 1. The molecule has 2 saturated heterocycles. The minimum atomic E-state index is -0.989. The smallest absolute Gasteiger partial charge is 0.228 e. The fraction of sp³-hybridized carbons (Fsp3) is 0.455. The Morgan fingerprint density at radius 2 is 1.97 bits per heavy atom. The van der Waals surface area contributed by atoms with Crippen molar-refractivity contribution in [1.29, 1.82) is 0 Å². The van der Waals surface area contributed by atoms with Crippen LogP contribution in [0.2, 0.25) is 0 Å². The zero-order valence-corrected chi connectivity index (χ0v) is 16.9. The van der Waals surface area contributed by atoms with E-state index < -0.39 is 17.8 Å². The van der Waals surface area contributed by atoms with Crippen LogP contribution < -0.4 is 10.2 Å². The molecule has 0 radical (unpaired) electrons. The number of carbonyl (C=O) groups is 1. The highest BCUT2D eigenvalue weighted by molar-refractivity contribution is 6.00. The Hall–Kier alpha value is -2.61. The first-order valence-electron chi connectivity index (χ1n) is 10.2. The summed E-state index contributed by atoms with van der Waals surface area (Å²) in [6.45, 7) is 2.16. The number of hydrogen-bond acceptors (Lipinski definition) is 4.